The minimum atomic E-state index is 0. The normalized spacial score (nSPS) is 25.0. The number of nitrogens with one attached hydrogen (secondary N) is 1. The van der Waals surface area contributed by atoms with Gasteiger partial charge in [0.2, 0.25) is 5.91 Å². The molecule has 4 nitrogen and oxygen atoms in total. The van der Waals surface area contributed by atoms with E-state index in [1.54, 1.807) is 0 Å². The van der Waals surface area contributed by atoms with Crippen molar-refractivity contribution in [2.24, 2.45) is 5.92 Å². The number of carbonyl (C=O) groups is 1. The summed E-state index contributed by atoms with van der Waals surface area (Å²) in [5.74, 6) is 1.69. The van der Waals surface area contributed by atoms with Crippen LogP contribution in [0.3, 0.4) is 0 Å². The Kier molecular flexibility index (Phi) is 6.93. The van der Waals surface area contributed by atoms with Crippen molar-refractivity contribution >= 4 is 18.3 Å². The Morgan fingerprint density at radius 3 is 2.67 bits per heavy atom. The van der Waals surface area contributed by atoms with Gasteiger partial charge in [0, 0.05) is 25.6 Å². The summed E-state index contributed by atoms with van der Waals surface area (Å²) in [7, 11) is 1.89. The highest BCUT2D eigenvalue weighted by atomic mass is 35.5. The van der Waals surface area contributed by atoms with Gasteiger partial charge in [-0.2, -0.15) is 0 Å². The average Bonchev–Trinajstić information content (AvgIpc) is 2.86. The number of piperidine rings is 1. The van der Waals surface area contributed by atoms with Crippen LogP contribution in [0.25, 0.3) is 0 Å². The fourth-order valence-electron chi connectivity index (χ4n) is 3.87. The quantitative estimate of drug-likeness (QED) is 0.855. The summed E-state index contributed by atoms with van der Waals surface area (Å²) in [4.78, 5) is 14.2. The van der Waals surface area contributed by atoms with Crippen molar-refractivity contribution in [1.29, 1.82) is 0 Å². The number of halogens is 1. The standard InChI is InChI=1S/C19H28N2O2.ClH/c1-14-4-3-5-18(10-14)23-9-8-21(2)19(22)13-15-11-16-6-7-17(12-15)20-16;/h3-5,10,15-17,20H,6-9,11-13H2,1-2H3;1H. The molecule has 1 N–H and O–H groups in total. The molecule has 2 bridgehead atoms. The van der Waals surface area contributed by atoms with Crippen molar-refractivity contribution in [2.45, 2.75) is 51.1 Å². The zero-order chi connectivity index (χ0) is 16.2. The molecule has 1 amide bonds. The van der Waals surface area contributed by atoms with E-state index in [4.69, 9.17) is 4.74 Å². The first-order valence-corrected chi connectivity index (χ1v) is 8.79. The maximum Gasteiger partial charge on any atom is 0.222 e. The van der Waals surface area contributed by atoms with E-state index >= 15 is 0 Å². The maximum atomic E-state index is 12.4. The first-order valence-electron chi connectivity index (χ1n) is 8.79. The third-order valence-electron chi connectivity index (χ3n) is 5.14. The van der Waals surface area contributed by atoms with E-state index in [0.717, 1.165) is 18.6 Å². The summed E-state index contributed by atoms with van der Waals surface area (Å²) >= 11 is 0. The smallest absolute Gasteiger partial charge is 0.222 e. The van der Waals surface area contributed by atoms with Gasteiger partial charge in [0.15, 0.2) is 0 Å². The molecule has 2 fully saturated rings. The molecular weight excluding hydrogens is 324 g/mol. The van der Waals surface area contributed by atoms with Gasteiger partial charge >= 0.3 is 0 Å². The second-order valence-electron chi connectivity index (χ2n) is 7.16. The highest BCUT2D eigenvalue weighted by Crippen LogP contribution is 2.32. The first kappa shape index (κ1) is 19.1. The largest absolute Gasteiger partial charge is 0.492 e. The molecule has 1 aromatic carbocycles. The number of aryl methyl sites for hydroxylation is 1. The summed E-state index contributed by atoms with van der Waals surface area (Å²) < 4.78 is 5.74. The average molecular weight is 353 g/mol. The Labute approximate surface area is 151 Å². The van der Waals surface area contributed by atoms with Crippen molar-refractivity contribution in [3.63, 3.8) is 0 Å². The van der Waals surface area contributed by atoms with Crippen LogP contribution in [0.15, 0.2) is 24.3 Å². The van der Waals surface area contributed by atoms with Crippen LogP contribution in [0, 0.1) is 12.8 Å². The number of amides is 1. The molecule has 0 radical (unpaired) electrons. The summed E-state index contributed by atoms with van der Waals surface area (Å²) in [6.07, 6.45) is 5.59. The third-order valence-corrected chi connectivity index (χ3v) is 5.14. The second-order valence-corrected chi connectivity index (χ2v) is 7.16. The summed E-state index contributed by atoms with van der Waals surface area (Å²) in [6.45, 7) is 3.24. The number of hydrogen-bond acceptors (Lipinski definition) is 3. The van der Waals surface area contributed by atoms with E-state index in [2.05, 4.69) is 18.3 Å². The molecule has 5 heteroatoms. The molecule has 2 aliphatic heterocycles. The molecule has 24 heavy (non-hydrogen) atoms. The molecule has 134 valence electrons. The van der Waals surface area contributed by atoms with E-state index < -0.39 is 0 Å². The number of fused-ring (bicyclic) bond motifs is 2. The van der Waals surface area contributed by atoms with E-state index in [1.807, 2.05) is 30.1 Å². The van der Waals surface area contributed by atoms with Gasteiger partial charge in [-0.3, -0.25) is 4.79 Å². The van der Waals surface area contributed by atoms with Gasteiger partial charge in [0.25, 0.3) is 0 Å². The zero-order valence-electron chi connectivity index (χ0n) is 14.7. The van der Waals surface area contributed by atoms with Crippen molar-refractivity contribution in [3.8, 4) is 5.75 Å². The van der Waals surface area contributed by atoms with Crippen LogP contribution in [-0.4, -0.2) is 43.1 Å². The molecule has 0 saturated carbocycles. The molecule has 3 rings (SSSR count). The number of hydrogen-bond donors (Lipinski definition) is 1. The van der Waals surface area contributed by atoms with Crippen LogP contribution in [-0.2, 0) is 4.79 Å². The lowest BCUT2D eigenvalue weighted by atomic mass is 9.89. The molecular formula is C19H29ClN2O2. The van der Waals surface area contributed by atoms with Crippen LogP contribution >= 0.6 is 12.4 Å². The first-order chi connectivity index (χ1) is 11.1. The molecule has 0 aliphatic carbocycles. The van der Waals surface area contributed by atoms with Crippen molar-refractivity contribution < 1.29 is 9.53 Å². The number of benzene rings is 1. The van der Waals surface area contributed by atoms with Gasteiger partial charge < -0.3 is 15.0 Å². The Hall–Kier alpha value is -1.26. The topological polar surface area (TPSA) is 41.6 Å². The predicted molar refractivity (Wildman–Crippen MR) is 98.8 cm³/mol. The van der Waals surface area contributed by atoms with Crippen LogP contribution in [0.1, 0.15) is 37.7 Å². The number of rotatable bonds is 6. The highest BCUT2D eigenvalue weighted by Gasteiger charge is 2.34. The van der Waals surface area contributed by atoms with E-state index in [1.165, 1.54) is 18.4 Å². The zero-order valence-corrected chi connectivity index (χ0v) is 15.5. The van der Waals surface area contributed by atoms with Crippen LogP contribution in [0.5, 0.6) is 5.75 Å². The number of likely N-dealkylation sites (N-methyl/N-ethyl adjacent to an activating group) is 1. The Bertz CT molecular complexity index is 540. The lowest BCUT2D eigenvalue weighted by Gasteiger charge is -2.30. The van der Waals surface area contributed by atoms with Crippen LogP contribution in [0.2, 0.25) is 0 Å². The minimum absolute atomic E-state index is 0. The number of ether oxygens (including phenoxy) is 1. The van der Waals surface area contributed by atoms with Crippen molar-refractivity contribution in [3.05, 3.63) is 29.8 Å². The second kappa shape index (κ2) is 8.72. The Morgan fingerprint density at radius 1 is 1.29 bits per heavy atom. The van der Waals surface area contributed by atoms with Crippen molar-refractivity contribution in [1.82, 2.24) is 10.2 Å². The third kappa shape index (κ3) is 5.12. The molecule has 0 spiro atoms. The van der Waals surface area contributed by atoms with Gasteiger partial charge in [-0.1, -0.05) is 12.1 Å². The fourth-order valence-corrected chi connectivity index (χ4v) is 3.87. The highest BCUT2D eigenvalue weighted by molar-refractivity contribution is 5.85. The summed E-state index contributed by atoms with van der Waals surface area (Å²) in [6, 6.07) is 9.33. The molecule has 2 saturated heterocycles. The van der Waals surface area contributed by atoms with Crippen molar-refractivity contribution in [2.75, 3.05) is 20.2 Å². The monoisotopic (exact) mass is 352 g/mol. The lowest BCUT2D eigenvalue weighted by Crippen LogP contribution is -2.40. The summed E-state index contributed by atoms with van der Waals surface area (Å²) in [5, 5.41) is 3.63. The van der Waals surface area contributed by atoms with Gasteiger partial charge in [-0.25, -0.2) is 0 Å². The fraction of sp³-hybridized carbons (Fsp3) is 0.632. The minimum Gasteiger partial charge on any atom is -0.492 e. The lowest BCUT2D eigenvalue weighted by molar-refractivity contribution is -0.131. The van der Waals surface area contributed by atoms with E-state index in [-0.39, 0.29) is 18.3 Å². The van der Waals surface area contributed by atoms with Crippen LogP contribution in [0.4, 0.5) is 0 Å². The van der Waals surface area contributed by atoms with E-state index in [0.29, 0.717) is 37.6 Å². The predicted octanol–water partition coefficient (Wildman–Crippen LogP) is 3.17. The maximum absolute atomic E-state index is 12.4. The Morgan fingerprint density at radius 2 is 2.00 bits per heavy atom. The van der Waals surface area contributed by atoms with Gasteiger partial charge in [0.05, 0.1) is 6.54 Å². The molecule has 0 aromatic heterocycles. The number of nitrogens with zero attached hydrogens (tertiary/aromatic N) is 1. The molecule has 2 atom stereocenters. The Balaban J connectivity index is 0.00000208. The van der Waals surface area contributed by atoms with Gasteiger partial charge in [0.1, 0.15) is 12.4 Å². The molecule has 2 heterocycles. The summed E-state index contributed by atoms with van der Waals surface area (Å²) in [5.41, 5.74) is 1.19. The van der Waals surface area contributed by atoms with Gasteiger partial charge in [-0.15, -0.1) is 12.4 Å². The molecule has 1 aromatic rings. The molecule has 2 aliphatic rings. The van der Waals surface area contributed by atoms with E-state index in [9.17, 15) is 4.79 Å². The SMILES string of the molecule is Cc1cccc(OCCN(C)C(=O)CC2CC3CCC(C2)N3)c1.Cl. The number of carbonyl (C=O) groups excluding carboxylic acids is 1. The van der Waals surface area contributed by atoms with Gasteiger partial charge in [-0.05, 0) is 56.2 Å². The van der Waals surface area contributed by atoms with Crippen LogP contribution < -0.4 is 10.1 Å². The molecule has 2 unspecified atom stereocenters.